The van der Waals surface area contributed by atoms with E-state index in [0.29, 0.717) is 12.1 Å². The minimum Gasteiger partial charge on any atom is -0.464 e. The topological polar surface area (TPSA) is 46.6 Å². The van der Waals surface area contributed by atoms with E-state index in [9.17, 15) is 9.59 Å². The molecule has 1 amide bonds. The zero-order valence-electron chi connectivity index (χ0n) is 7.44. The number of ether oxygens (including phenoxy) is 1. The van der Waals surface area contributed by atoms with Gasteiger partial charge in [0.1, 0.15) is 5.70 Å². The van der Waals surface area contributed by atoms with Crippen LogP contribution in [-0.2, 0) is 14.3 Å². The second-order valence-corrected chi connectivity index (χ2v) is 3.61. The van der Waals surface area contributed by atoms with E-state index in [-0.39, 0.29) is 40.8 Å². The van der Waals surface area contributed by atoms with Gasteiger partial charge in [-0.3, -0.25) is 9.69 Å². The molecule has 0 aromatic carbocycles. The molecule has 2 heterocycles. The standard InChI is InChI=1S/C7H7NO3S.Na/c1-11-7(10)4-3-12-6-2-5(9)8(4)6;/h3,6H,2H2,1H3;/t6-;/m1./s1. The number of amides is 1. The number of methoxy groups -OCH3 is 1. The van der Waals surface area contributed by atoms with Crippen LogP contribution in [0.1, 0.15) is 6.42 Å². The monoisotopic (exact) mass is 208 g/mol. The number of β-lactam (4-membered cyclic amide) rings is 1. The van der Waals surface area contributed by atoms with Gasteiger partial charge in [-0.15, -0.1) is 11.8 Å². The van der Waals surface area contributed by atoms with Crippen LogP contribution in [0.5, 0.6) is 0 Å². The van der Waals surface area contributed by atoms with Crippen molar-refractivity contribution in [1.82, 2.24) is 4.90 Å². The van der Waals surface area contributed by atoms with Gasteiger partial charge in [0.25, 0.3) is 0 Å². The van der Waals surface area contributed by atoms with Crippen molar-refractivity contribution in [1.29, 1.82) is 0 Å². The quantitative estimate of drug-likeness (QED) is 0.343. The number of carbonyl (C=O) groups is 2. The Bertz CT molecular complexity index is 291. The molecule has 2 aliphatic heterocycles. The van der Waals surface area contributed by atoms with E-state index in [4.69, 9.17) is 0 Å². The number of fused-ring (bicyclic) bond motifs is 1. The SMILES string of the molecule is COC(=O)C1=CS[C@@H]2CC(=O)N12.[Na]. The number of hydrogen-bond acceptors (Lipinski definition) is 4. The fraction of sp³-hybridized carbons (Fsp3) is 0.429. The first-order valence-corrected chi connectivity index (χ1v) is 4.44. The van der Waals surface area contributed by atoms with Crippen LogP contribution in [0.4, 0.5) is 0 Å². The van der Waals surface area contributed by atoms with Crippen LogP contribution in [-0.4, -0.2) is 58.8 Å². The predicted molar refractivity (Wildman–Crippen MR) is 48.7 cm³/mol. The fourth-order valence-corrected chi connectivity index (χ4v) is 2.32. The third kappa shape index (κ3) is 1.66. The van der Waals surface area contributed by atoms with Crippen molar-refractivity contribution < 1.29 is 14.3 Å². The summed E-state index contributed by atoms with van der Waals surface area (Å²) in [7, 11) is 1.31. The summed E-state index contributed by atoms with van der Waals surface area (Å²) in [5.74, 6) is -0.431. The van der Waals surface area contributed by atoms with Gasteiger partial charge in [-0.1, -0.05) is 0 Å². The number of nitrogens with zero attached hydrogens (tertiary/aromatic N) is 1. The normalized spacial score (nSPS) is 24.1. The molecular formula is C7H7NNaO3S. The van der Waals surface area contributed by atoms with Gasteiger partial charge in [-0.05, 0) is 0 Å². The van der Waals surface area contributed by atoms with Crippen molar-refractivity contribution in [2.24, 2.45) is 0 Å². The molecule has 1 fully saturated rings. The zero-order chi connectivity index (χ0) is 8.72. The van der Waals surface area contributed by atoms with E-state index in [0.717, 1.165) is 0 Å². The number of esters is 1. The van der Waals surface area contributed by atoms with Gasteiger partial charge in [-0.2, -0.15) is 0 Å². The molecule has 0 saturated carbocycles. The number of thioether (sulfide) groups is 1. The minimum absolute atomic E-state index is 0. The molecule has 4 nitrogen and oxygen atoms in total. The summed E-state index contributed by atoms with van der Waals surface area (Å²) in [6.45, 7) is 0. The van der Waals surface area contributed by atoms with Gasteiger partial charge in [0.05, 0.1) is 18.9 Å². The third-order valence-electron chi connectivity index (χ3n) is 1.90. The van der Waals surface area contributed by atoms with Crippen molar-refractivity contribution in [2.75, 3.05) is 7.11 Å². The first-order chi connectivity index (χ1) is 5.74. The molecular weight excluding hydrogens is 201 g/mol. The van der Waals surface area contributed by atoms with Crippen LogP contribution in [0.2, 0.25) is 0 Å². The largest absolute Gasteiger partial charge is 0.464 e. The smallest absolute Gasteiger partial charge is 0.355 e. The van der Waals surface area contributed by atoms with Crippen molar-refractivity contribution in [3.05, 3.63) is 11.1 Å². The number of carbonyl (C=O) groups excluding carboxylic acids is 2. The number of hydrogen-bond donors (Lipinski definition) is 0. The second kappa shape index (κ2) is 4.04. The zero-order valence-corrected chi connectivity index (χ0v) is 10.3. The van der Waals surface area contributed by atoms with Gasteiger partial charge in [-0.25, -0.2) is 4.79 Å². The molecule has 13 heavy (non-hydrogen) atoms. The Kier molecular flexibility index (Phi) is 3.45. The Hall–Kier alpha value is 0.0300. The van der Waals surface area contributed by atoms with E-state index in [1.165, 1.54) is 23.8 Å². The third-order valence-corrected chi connectivity index (χ3v) is 2.95. The second-order valence-electron chi connectivity index (χ2n) is 2.55. The Morgan fingerprint density at radius 3 is 3.00 bits per heavy atom. The van der Waals surface area contributed by atoms with Gasteiger partial charge in [0.2, 0.25) is 5.91 Å². The van der Waals surface area contributed by atoms with Crippen molar-refractivity contribution >= 4 is 53.2 Å². The first-order valence-electron chi connectivity index (χ1n) is 3.50. The molecule has 65 valence electrons. The molecule has 0 aromatic heterocycles. The Labute approximate surface area is 102 Å². The maximum Gasteiger partial charge on any atom is 0.355 e. The van der Waals surface area contributed by atoms with Crippen LogP contribution in [0.3, 0.4) is 0 Å². The van der Waals surface area contributed by atoms with Crippen LogP contribution >= 0.6 is 11.8 Å². The molecule has 1 radical (unpaired) electrons. The maximum atomic E-state index is 11.1. The van der Waals surface area contributed by atoms with E-state index in [1.54, 1.807) is 5.41 Å². The molecule has 0 bridgehead atoms. The van der Waals surface area contributed by atoms with Crippen molar-refractivity contribution in [3.8, 4) is 0 Å². The molecule has 0 aliphatic carbocycles. The summed E-state index contributed by atoms with van der Waals surface area (Å²) in [5, 5.41) is 1.83. The van der Waals surface area contributed by atoms with Crippen LogP contribution in [0, 0.1) is 0 Å². The number of rotatable bonds is 1. The molecule has 2 rings (SSSR count). The average molecular weight is 208 g/mol. The summed E-state index contributed by atoms with van der Waals surface area (Å²) in [6, 6.07) is 0. The van der Waals surface area contributed by atoms with Gasteiger partial charge in [0.15, 0.2) is 0 Å². The molecule has 0 N–H and O–H groups in total. The predicted octanol–water partition coefficient (Wildman–Crippen LogP) is -0.0748. The van der Waals surface area contributed by atoms with Crippen LogP contribution in [0.15, 0.2) is 11.1 Å². The van der Waals surface area contributed by atoms with Crippen LogP contribution in [0.25, 0.3) is 0 Å². The van der Waals surface area contributed by atoms with E-state index in [1.807, 2.05) is 0 Å². The van der Waals surface area contributed by atoms with Gasteiger partial charge in [0, 0.05) is 35.0 Å². The average Bonchev–Trinajstić information content (AvgIpc) is 2.40. The molecule has 0 unspecified atom stereocenters. The van der Waals surface area contributed by atoms with Crippen molar-refractivity contribution in [2.45, 2.75) is 11.8 Å². The molecule has 1 atom stereocenters. The molecule has 0 spiro atoms. The molecule has 1 saturated heterocycles. The van der Waals surface area contributed by atoms with E-state index >= 15 is 0 Å². The Morgan fingerprint density at radius 1 is 1.77 bits per heavy atom. The molecule has 0 aromatic rings. The summed E-state index contributed by atoms with van der Waals surface area (Å²) >= 11 is 1.49. The summed E-state index contributed by atoms with van der Waals surface area (Å²) in [4.78, 5) is 23.5. The Balaban J connectivity index is 0.000000845. The summed E-state index contributed by atoms with van der Waals surface area (Å²) in [6.07, 6.45) is 0.529. The molecule has 6 heteroatoms. The van der Waals surface area contributed by atoms with Crippen LogP contribution < -0.4 is 0 Å². The fourth-order valence-electron chi connectivity index (χ4n) is 1.24. The maximum absolute atomic E-state index is 11.1. The van der Waals surface area contributed by atoms with E-state index < -0.39 is 5.97 Å². The Morgan fingerprint density at radius 2 is 2.46 bits per heavy atom. The summed E-state index contributed by atoms with van der Waals surface area (Å²) in [5.41, 5.74) is 0.378. The van der Waals surface area contributed by atoms with Crippen molar-refractivity contribution in [3.63, 3.8) is 0 Å². The van der Waals surface area contributed by atoms with E-state index in [2.05, 4.69) is 4.74 Å². The molecule has 2 aliphatic rings. The van der Waals surface area contributed by atoms with Gasteiger partial charge >= 0.3 is 5.97 Å². The first kappa shape index (κ1) is 11.1. The van der Waals surface area contributed by atoms with Gasteiger partial charge < -0.3 is 4.74 Å². The summed E-state index contributed by atoms with van der Waals surface area (Å²) < 4.78 is 4.52. The minimum atomic E-state index is -0.432.